The van der Waals surface area contributed by atoms with Gasteiger partial charge in [0.05, 0.1) is 18.3 Å². The Morgan fingerprint density at radius 1 is 1.27 bits per heavy atom. The summed E-state index contributed by atoms with van der Waals surface area (Å²) < 4.78 is 16.9. The van der Waals surface area contributed by atoms with Crippen LogP contribution in [0.2, 0.25) is 0 Å². The molecule has 0 radical (unpaired) electrons. The molecule has 1 aromatic carbocycles. The normalized spacial score (nSPS) is 19.6. The second kappa shape index (κ2) is 6.43. The third-order valence-electron chi connectivity index (χ3n) is 4.38. The van der Waals surface area contributed by atoms with Crippen molar-refractivity contribution in [2.24, 2.45) is 0 Å². The number of oxazole rings is 1. The zero-order chi connectivity index (χ0) is 19.1. The Kier molecular flexibility index (Phi) is 4.56. The molecule has 1 amide bonds. The highest BCUT2D eigenvalue weighted by Gasteiger charge is 2.46. The van der Waals surface area contributed by atoms with Crippen molar-refractivity contribution in [2.75, 3.05) is 6.61 Å². The van der Waals surface area contributed by atoms with Crippen molar-refractivity contribution in [3.63, 3.8) is 0 Å². The van der Waals surface area contributed by atoms with E-state index < -0.39 is 11.3 Å². The highest BCUT2D eigenvalue weighted by atomic mass is 16.6. The minimum absolute atomic E-state index is 0.204. The molecule has 1 aliphatic heterocycles. The number of nitrogens with zero attached hydrogens (tertiary/aromatic N) is 2. The van der Waals surface area contributed by atoms with Gasteiger partial charge in [0.25, 0.3) is 0 Å². The van der Waals surface area contributed by atoms with Gasteiger partial charge in [-0.25, -0.2) is 9.78 Å². The lowest BCUT2D eigenvalue weighted by Crippen LogP contribution is -2.47. The molecule has 26 heavy (non-hydrogen) atoms. The summed E-state index contributed by atoms with van der Waals surface area (Å²) in [4.78, 5) is 18.6. The van der Waals surface area contributed by atoms with Gasteiger partial charge in [0, 0.05) is 5.56 Å². The molecule has 1 atom stereocenters. The maximum Gasteiger partial charge on any atom is 0.413 e. The average molecular weight is 358 g/mol. The predicted octanol–water partition coefficient (Wildman–Crippen LogP) is 4.69. The molecule has 0 spiro atoms. The number of rotatable bonds is 2. The van der Waals surface area contributed by atoms with Gasteiger partial charge in [0.1, 0.15) is 11.3 Å². The van der Waals surface area contributed by atoms with E-state index in [1.807, 2.05) is 65.8 Å². The quantitative estimate of drug-likeness (QED) is 0.779. The molecule has 0 aliphatic carbocycles. The summed E-state index contributed by atoms with van der Waals surface area (Å²) >= 11 is 0. The van der Waals surface area contributed by atoms with Crippen LogP contribution >= 0.6 is 0 Å². The summed E-state index contributed by atoms with van der Waals surface area (Å²) in [7, 11) is 0. The third kappa shape index (κ3) is 3.60. The molecule has 2 heterocycles. The van der Waals surface area contributed by atoms with Crippen LogP contribution < -0.4 is 0 Å². The van der Waals surface area contributed by atoms with Crippen molar-refractivity contribution >= 4 is 6.09 Å². The van der Waals surface area contributed by atoms with E-state index in [-0.39, 0.29) is 12.1 Å². The van der Waals surface area contributed by atoms with E-state index in [4.69, 9.17) is 13.9 Å². The van der Waals surface area contributed by atoms with Gasteiger partial charge in [-0.15, -0.1) is 0 Å². The van der Waals surface area contributed by atoms with Gasteiger partial charge in [-0.1, -0.05) is 24.3 Å². The molecular formula is C20H26N2O4. The van der Waals surface area contributed by atoms with E-state index in [2.05, 4.69) is 4.98 Å². The van der Waals surface area contributed by atoms with Gasteiger partial charge in [0.2, 0.25) is 0 Å². The van der Waals surface area contributed by atoms with Gasteiger partial charge in [-0.2, -0.15) is 0 Å². The number of aromatic nitrogens is 1. The Balaban J connectivity index is 1.87. The molecule has 0 bridgehead atoms. The molecule has 1 saturated heterocycles. The molecule has 140 valence electrons. The van der Waals surface area contributed by atoms with Crippen molar-refractivity contribution in [2.45, 2.75) is 58.9 Å². The van der Waals surface area contributed by atoms with Crippen molar-refractivity contribution in [3.8, 4) is 11.3 Å². The summed E-state index contributed by atoms with van der Waals surface area (Å²) in [6, 6.07) is 7.72. The molecule has 2 aromatic rings. The molecule has 3 rings (SSSR count). The minimum Gasteiger partial charge on any atom is -0.444 e. The van der Waals surface area contributed by atoms with Gasteiger partial charge >= 0.3 is 6.09 Å². The second-order valence-corrected chi connectivity index (χ2v) is 8.01. The maximum absolute atomic E-state index is 12.8. The van der Waals surface area contributed by atoms with Crippen LogP contribution in [0.4, 0.5) is 4.79 Å². The maximum atomic E-state index is 12.8. The van der Waals surface area contributed by atoms with Crippen molar-refractivity contribution < 1.29 is 18.7 Å². The summed E-state index contributed by atoms with van der Waals surface area (Å²) in [5.74, 6) is 0.753. The third-order valence-corrected chi connectivity index (χ3v) is 4.38. The number of amides is 1. The molecule has 0 N–H and O–H groups in total. The van der Waals surface area contributed by atoms with Crippen molar-refractivity contribution in [1.29, 1.82) is 0 Å². The van der Waals surface area contributed by atoms with Gasteiger partial charge in [-0.3, -0.25) is 4.90 Å². The molecule has 1 fully saturated rings. The lowest BCUT2D eigenvalue weighted by Gasteiger charge is -2.35. The zero-order valence-corrected chi connectivity index (χ0v) is 16.2. The number of carbonyl (C=O) groups is 1. The molecular weight excluding hydrogens is 332 g/mol. The summed E-state index contributed by atoms with van der Waals surface area (Å²) in [5, 5.41) is 0. The highest BCUT2D eigenvalue weighted by molar-refractivity contribution is 5.70. The van der Waals surface area contributed by atoms with Gasteiger partial charge in [-0.05, 0) is 47.1 Å². The smallest absolute Gasteiger partial charge is 0.413 e. The first kappa shape index (κ1) is 18.5. The average Bonchev–Trinajstić information content (AvgIpc) is 3.08. The first-order chi connectivity index (χ1) is 12.1. The van der Waals surface area contributed by atoms with E-state index in [9.17, 15) is 4.79 Å². The van der Waals surface area contributed by atoms with E-state index >= 15 is 0 Å². The van der Waals surface area contributed by atoms with E-state index in [0.717, 1.165) is 22.6 Å². The molecule has 6 nitrogen and oxygen atoms in total. The van der Waals surface area contributed by atoms with Gasteiger partial charge in [0.15, 0.2) is 12.2 Å². The molecule has 1 aromatic heterocycles. The number of hydrogen-bond acceptors (Lipinski definition) is 5. The predicted molar refractivity (Wildman–Crippen MR) is 97.5 cm³/mol. The van der Waals surface area contributed by atoms with Gasteiger partial charge < -0.3 is 13.9 Å². The first-order valence-electron chi connectivity index (χ1n) is 8.75. The Hall–Kier alpha value is -2.34. The fourth-order valence-corrected chi connectivity index (χ4v) is 3.14. The monoisotopic (exact) mass is 358 g/mol. The summed E-state index contributed by atoms with van der Waals surface area (Å²) in [6.45, 7) is 11.7. The Bertz CT molecular complexity index is 787. The standard InChI is InChI=1S/C20H26N2O4/c1-13-17(24-12-21-13)15-9-7-14(8-10-15)16-11-25-20(5,6)22(16)18(23)26-19(2,3)4/h7-10,12,16H,11H2,1-6H3/t16-/m0/s1. The van der Waals surface area contributed by atoms with Crippen LogP contribution in [0.5, 0.6) is 0 Å². The van der Waals surface area contributed by atoms with E-state index in [1.54, 1.807) is 4.90 Å². The number of ether oxygens (including phenoxy) is 2. The number of aryl methyl sites for hydroxylation is 1. The minimum atomic E-state index is -0.729. The molecule has 0 unspecified atom stereocenters. The topological polar surface area (TPSA) is 64.8 Å². The van der Waals surface area contributed by atoms with E-state index in [1.165, 1.54) is 6.39 Å². The fraction of sp³-hybridized carbons (Fsp3) is 0.500. The Labute approximate surface area is 154 Å². The van der Waals surface area contributed by atoms with Crippen LogP contribution in [0.1, 0.15) is 51.9 Å². The zero-order valence-electron chi connectivity index (χ0n) is 16.2. The second-order valence-electron chi connectivity index (χ2n) is 8.01. The van der Waals surface area contributed by atoms with Crippen molar-refractivity contribution in [1.82, 2.24) is 9.88 Å². The van der Waals surface area contributed by atoms with Crippen molar-refractivity contribution in [3.05, 3.63) is 41.9 Å². The lowest BCUT2D eigenvalue weighted by molar-refractivity contribution is -0.0626. The number of hydrogen-bond donors (Lipinski definition) is 0. The summed E-state index contributed by atoms with van der Waals surface area (Å²) in [5.41, 5.74) is 1.49. The Morgan fingerprint density at radius 3 is 2.46 bits per heavy atom. The van der Waals surface area contributed by atoms with Crippen LogP contribution in [0.25, 0.3) is 11.3 Å². The summed E-state index contributed by atoms with van der Waals surface area (Å²) in [6.07, 6.45) is 1.07. The van der Waals surface area contributed by atoms with Crippen LogP contribution in [0.15, 0.2) is 35.1 Å². The fourth-order valence-electron chi connectivity index (χ4n) is 3.14. The lowest BCUT2D eigenvalue weighted by atomic mass is 10.0. The molecule has 1 aliphatic rings. The molecule has 6 heteroatoms. The number of carbonyl (C=O) groups excluding carboxylic acids is 1. The van der Waals surface area contributed by atoms with Crippen LogP contribution in [0.3, 0.4) is 0 Å². The van der Waals surface area contributed by atoms with E-state index in [0.29, 0.717) is 6.61 Å². The number of benzene rings is 1. The van der Waals surface area contributed by atoms with Crippen LogP contribution in [-0.4, -0.2) is 33.9 Å². The largest absolute Gasteiger partial charge is 0.444 e. The highest BCUT2D eigenvalue weighted by Crippen LogP contribution is 2.38. The molecule has 0 saturated carbocycles. The Morgan fingerprint density at radius 2 is 1.92 bits per heavy atom. The SMILES string of the molecule is Cc1ncoc1-c1ccc([C@@H]2COC(C)(C)N2C(=O)OC(C)(C)C)cc1. The first-order valence-corrected chi connectivity index (χ1v) is 8.75. The van der Waals surface area contributed by atoms with Crippen LogP contribution in [-0.2, 0) is 9.47 Å². The van der Waals surface area contributed by atoms with Crippen LogP contribution in [0, 0.1) is 6.92 Å².